The van der Waals surface area contributed by atoms with E-state index in [1.165, 1.54) is 0 Å². The number of nitrogens with zero attached hydrogens (tertiary/aromatic N) is 3. The van der Waals surface area contributed by atoms with Crippen LogP contribution < -0.4 is 5.32 Å². The largest absolute Gasteiger partial charge is 0.351 e. The van der Waals surface area contributed by atoms with Crippen molar-refractivity contribution in [1.29, 1.82) is 0 Å². The third-order valence-corrected chi connectivity index (χ3v) is 2.83. The zero-order valence-corrected chi connectivity index (χ0v) is 11.3. The van der Waals surface area contributed by atoms with Gasteiger partial charge >= 0.3 is 0 Å². The SMILES string of the molecule is O=C(NCCCn1ccnc1)c1cccc(Br)n1. The van der Waals surface area contributed by atoms with Gasteiger partial charge in [0.15, 0.2) is 0 Å². The lowest BCUT2D eigenvalue weighted by Crippen LogP contribution is -2.26. The Morgan fingerprint density at radius 1 is 1.44 bits per heavy atom. The van der Waals surface area contributed by atoms with Crippen molar-refractivity contribution in [2.45, 2.75) is 13.0 Å². The molecule has 2 heterocycles. The van der Waals surface area contributed by atoms with Crippen molar-refractivity contribution in [2.75, 3.05) is 6.54 Å². The van der Waals surface area contributed by atoms with Crippen molar-refractivity contribution in [3.63, 3.8) is 0 Å². The van der Waals surface area contributed by atoms with Gasteiger partial charge in [-0.2, -0.15) is 0 Å². The van der Waals surface area contributed by atoms with E-state index in [4.69, 9.17) is 0 Å². The molecule has 0 aliphatic carbocycles. The van der Waals surface area contributed by atoms with Crippen molar-refractivity contribution < 1.29 is 4.79 Å². The molecule has 0 aliphatic rings. The predicted molar refractivity (Wildman–Crippen MR) is 71.1 cm³/mol. The minimum Gasteiger partial charge on any atom is -0.351 e. The second-order valence-electron chi connectivity index (χ2n) is 3.76. The van der Waals surface area contributed by atoms with Gasteiger partial charge in [-0.25, -0.2) is 9.97 Å². The summed E-state index contributed by atoms with van der Waals surface area (Å²) >= 11 is 3.24. The van der Waals surface area contributed by atoms with E-state index in [9.17, 15) is 4.79 Å². The Balaban J connectivity index is 1.75. The molecular formula is C12H13BrN4O. The van der Waals surface area contributed by atoms with Crippen molar-refractivity contribution in [2.24, 2.45) is 0 Å². The van der Waals surface area contributed by atoms with Crippen molar-refractivity contribution in [3.05, 3.63) is 47.2 Å². The first-order valence-corrected chi connectivity index (χ1v) is 6.41. The molecule has 0 spiro atoms. The molecule has 0 fully saturated rings. The second kappa shape index (κ2) is 6.30. The molecule has 2 aromatic heterocycles. The predicted octanol–water partition coefficient (Wildman–Crippen LogP) is 1.86. The molecule has 1 N–H and O–H groups in total. The molecule has 6 heteroatoms. The van der Waals surface area contributed by atoms with Crippen LogP contribution in [0.2, 0.25) is 0 Å². The third-order valence-electron chi connectivity index (χ3n) is 2.39. The number of halogens is 1. The smallest absolute Gasteiger partial charge is 0.269 e. The van der Waals surface area contributed by atoms with E-state index in [1.807, 2.05) is 10.8 Å². The van der Waals surface area contributed by atoms with Crippen molar-refractivity contribution >= 4 is 21.8 Å². The molecule has 0 saturated carbocycles. The molecule has 0 radical (unpaired) electrons. The van der Waals surface area contributed by atoms with Crippen LogP contribution >= 0.6 is 15.9 Å². The van der Waals surface area contributed by atoms with Gasteiger partial charge < -0.3 is 9.88 Å². The normalized spacial score (nSPS) is 10.3. The highest BCUT2D eigenvalue weighted by Crippen LogP contribution is 2.05. The summed E-state index contributed by atoms with van der Waals surface area (Å²) in [6.45, 7) is 1.46. The van der Waals surface area contributed by atoms with E-state index in [0.717, 1.165) is 13.0 Å². The molecule has 18 heavy (non-hydrogen) atoms. The average molecular weight is 309 g/mol. The van der Waals surface area contributed by atoms with Gasteiger partial charge in [-0.15, -0.1) is 0 Å². The first kappa shape index (κ1) is 12.8. The van der Waals surface area contributed by atoms with Crippen LogP contribution in [0.4, 0.5) is 0 Å². The van der Waals surface area contributed by atoms with Crippen LogP contribution in [-0.2, 0) is 6.54 Å². The molecule has 2 rings (SSSR count). The van der Waals surface area contributed by atoms with Gasteiger partial charge in [-0.1, -0.05) is 6.07 Å². The fourth-order valence-electron chi connectivity index (χ4n) is 1.51. The summed E-state index contributed by atoms with van der Waals surface area (Å²) < 4.78 is 2.64. The zero-order valence-electron chi connectivity index (χ0n) is 9.71. The summed E-state index contributed by atoms with van der Waals surface area (Å²) in [6.07, 6.45) is 6.26. The average Bonchev–Trinajstić information content (AvgIpc) is 2.87. The quantitative estimate of drug-likeness (QED) is 0.677. The van der Waals surface area contributed by atoms with Crippen LogP contribution in [0.25, 0.3) is 0 Å². The van der Waals surface area contributed by atoms with Crippen LogP contribution in [0, 0.1) is 0 Å². The Kier molecular flexibility index (Phi) is 4.46. The lowest BCUT2D eigenvalue weighted by molar-refractivity contribution is 0.0947. The fourth-order valence-corrected chi connectivity index (χ4v) is 1.85. The Labute approximate surface area is 113 Å². The number of carbonyl (C=O) groups is 1. The maximum absolute atomic E-state index is 11.7. The van der Waals surface area contributed by atoms with Crippen LogP contribution in [0.1, 0.15) is 16.9 Å². The Bertz CT molecular complexity index is 513. The lowest BCUT2D eigenvalue weighted by Gasteiger charge is -2.05. The third kappa shape index (κ3) is 3.66. The summed E-state index contributed by atoms with van der Waals surface area (Å²) in [5.74, 6) is -0.151. The fraction of sp³-hybridized carbons (Fsp3) is 0.250. The van der Waals surface area contributed by atoms with E-state index in [2.05, 4.69) is 31.2 Å². The second-order valence-corrected chi connectivity index (χ2v) is 4.57. The molecule has 0 saturated heterocycles. The Morgan fingerprint density at radius 2 is 2.33 bits per heavy atom. The number of nitrogens with one attached hydrogen (secondary N) is 1. The summed E-state index contributed by atoms with van der Waals surface area (Å²) in [5.41, 5.74) is 0.423. The van der Waals surface area contributed by atoms with Crippen molar-refractivity contribution in [3.8, 4) is 0 Å². The van der Waals surface area contributed by atoms with Gasteiger partial charge in [0.05, 0.1) is 6.33 Å². The molecule has 2 aromatic rings. The standard InChI is InChI=1S/C12H13BrN4O/c13-11-4-1-3-10(16-11)12(18)15-5-2-7-17-8-6-14-9-17/h1,3-4,6,8-9H,2,5,7H2,(H,15,18). The lowest BCUT2D eigenvalue weighted by atomic mass is 10.3. The van der Waals surface area contributed by atoms with Gasteiger partial charge in [0.2, 0.25) is 0 Å². The van der Waals surface area contributed by atoms with Gasteiger partial charge in [0.1, 0.15) is 10.3 Å². The van der Waals surface area contributed by atoms with Crippen LogP contribution in [0.5, 0.6) is 0 Å². The highest BCUT2D eigenvalue weighted by molar-refractivity contribution is 9.10. The summed E-state index contributed by atoms with van der Waals surface area (Å²) in [4.78, 5) is 19.8. The first-order valence-electron chi connectivity index (χ1n) is 5.62. The molecule has 5 nitrogen and oxygen atoms in total. The van der Waals surface area contributed by atoms with E-state index in [1.54, 1.807) is 30.7 Å². The summed E-state index contributed by atoms with van der Waals surface area (Å²) in [5, 5.41) is 2.83. The number of imidazole rings is 1. The number of aryl methyl sites for hydroxylation is 1. The van der Waals surface area contributed by atoms with Crippen LogP contribution in [0.15, 0.2) is 41.5 Å². The van der Waals surface area contributed by atoms with Gasteiger partial charge in [-0.05, 0) is 34.5 Å². The minimum atomic E-state index is -0.151. The van der Waals surface area contributed by atoms with E-state index in [-0.39, 0.29) is 5.91 Å². The topological polar surface area (TPSA) is 59.8 Å². The number of rotatable bonds is 5. The summed E-state index contributed by atoms with van der Waals surface area (Å²) in [6, 6.07) is 5.27. The molecule has 0 aliphatic heterocycles. The molecule has 0 unspecified atom stereocenters. The van der Waals surface area contributed by atoms with E-state index < -0.39 is 0 Å². The minimum absolute atomic E-state index is 0.151. The van der Waals surface area contributed by atoms with Gasteiger partial charge in [0, 0.05) is 25.5 Å². The number of pyridine rings is 1. The monoisotopic (exact) mass is 308 g/mol. The number of hydrogen-bond donors (Lipinski definition) is 1. The highest BCUT2D eigenvalue weighted by atomic mass is 79.9. The van der Waals surface area contributed by atoms with Crippen LogP contribution in [-0.4, -0.2) is 27.0 Å². The molecule has 0 aromatic carbocycles. The van der Waals surface area contributed by atoms with Gasteiger partial charge in [0.25, 0.3) is 5.91 Å². The van der Waals surface area contributed by atoms with Crippen molar-refractivity contribution in [1.82, 2.24) is 19.9 Å². The number of amides is 1. The Morgan fingerprint density at radius 3 is 3.06 bits per heavy atom. The zero-order chi connectivity index (χ0) is 12.8. The van der Waals surface area contributed by atoms with Gasteiger partial charge in [-0.3, -0.25) is 4.79 Å². The number of aromatic nitrogens is 3. The van der Waals surface area contributed by atoms with E-state index >= 15 is 0 Å². The maximum Gasteiger partial charge on any atom is 0.269 e. The Hall–Kier alpha value is -1.69. The van der Waals surface area contributed by atoms with Crippen LogP contribution in [0.3, 0.4) is 0 Å². The molecule has 1 amide bonds. The first-order chi connectivity index (χ1) is 8.75. The molecule has 0 atom stereocenters. The van der Waals surface area contributed by atoms with E-state index in [0.29, 0.717) is 16.8 Å². The molecule has 94 valence electrons. The molecular weight excluding hydrogens is 296 g/mol. The number of carbonyl (C=O) groups excluding carboxylic acids is 1. The maximum atomic E-state index is 11.7. The summed E-state index contributed by atoms with van der Waals surface area (Å²) in [7, 11) is 0. The molecule has 0 bridgehead atoms. The number of hydrogen-bond acceptors (Lipinski definition) is 3. The highest BCUT2D eigenvalue weighted by Gasteiger charge is 2.06.